The quantitative estimate of drug-likeness (QED) is 0.752. The van der Waals surface area contributed by atoms with Gasteiger partial charge >= 0.3 is 0 Å². The molecule has 1 aromatic carbocycles. The highest BCUT2D eigenvalue weighted by molar-refractivity contribution is 9.09. The highest BCUT2D eigenvalue weighted by Crippen LogP contribution is 2.28. The number of aliphatic hydroxyl groups is 2. The number of nitrogens with zero attached hydrogens (tertiary/aromatic N) is 1. The van der Waals surface area contributed by atoms with Crippen LogP contribution in [0.25, 0.3) is 10.8 Å². The summed E-state index contributed by atoms with van der Waals surface area (Å²) >= 11 is 3.14. The first-order valence-electron chi connectivity index (χ1n) is 5.20. The molecular formula is C12H13BrN2O2. The highest BCUT2D eigenvalue weighted by atomic mass is 79.9. The molecule has 0 amide bonds. The molecule has 1 heterocycles. The smallest absolute Gasteiger partial charge is 0.131 e. The number of nitrogen functional groups attached to an aromatic ring is 1. The molecule has 17 heavy (non-hydrogen) atoms. The summed E-state index contributed by atoms with van der Waals surface area (Å²) in [7, 11) is 0. The van der Waals surface area contributed by atoms with E-state index in [1.54, 1.807) is 0 Å². The van der Waals surface area contributed by atoms with Gasteiger partial charge < -0.3 is 15.9 Å². The van der Waals surface area contributed by atoms with Gasteiger partial charge in [0.15, 0.2) is 0 Å². The zero-order chi connectivity index (χ0) is 12.4. The van der Waals surface area contributed by atoms with Gasteiger partial charge in [-0.1, -0.05) is 40.2 Å². The maximum absolute atomic E-state index is 10.0. The molecule has 2 rings (SSSR count). The number of hydrogen-bond acceptors (Lipinski definition) is 4. The van der Waals surface area contributed by atoms with Crippen LogP contribution in [-0.4, -0.2) is 26.6 Å². The van der Waals surface area contributed by atoms with Crippen LogP contribution in [0.5, 0.6) is 0 Å². The lowest BCUT2D eigenvalue weighted by Crippen LogP contribution is -2.20. The van der Waals surface area contributed by atoms with Gasteiger partial charge in [-0.3, -0.25) is 0 Å². The van der Waals surface area contributed by atoms with Crippen LogP contribution in [0.2, 0.25) is 0 Å². The summed E-state index contributed by atoms with van der Waals surface area (Å²) in [6.45, 7) is 0. The van der Waals surface area contributed by atoms with Crippen LogP contribution in [0.15, 0.2) is 30.5 Å². The van der Waals surface area contributed by atoms with E-state index in [4.69, 9.17) is 5.73 Å². The van der Waals surface area contributed by atoms with Crippen molar-refractivity contribution in [3.05, 3.63) is 36.0 Å². The van der Waals surface area contributed by atoms with Crippen molar-refractivity contribution in [1.82, 2.24) is 4.98 Å². The van der Waals surface area contributed by atoms with Crippen molar-refractivity contribution in [1.29, 1.82) is 0 Å². The third-order valence-electron chi connectivity index (χ3n) is 2.70. The second kappa shape index (κ2) is 5.00. The number of benzene rings is 1. The third kappa shape index (κ3) is 2.26. The minimum Gasteiger partial charge on any atom is -0.389 e. The topological polar surface area (TPSA) is 79.4 Å². The minimum atomic E-state index is -0.979. The van der Waals surface area contributed by atoms with Gasteiger partial charge in [-0.05, 0) is 5.39 Å². The molecule has 0 saturated carbocycles. The summed E-state index contributed by atoms with van der Waals surface area (Å²) in [6.07, 6.45) is -0.343. The molecule has 90 valence electrons. The van der Waals surface area contributed by atoms with Crippen LogP contribution in [0.1, 0.15) is 11.7 Å². The van der Waals surface area contributed by atoms with E-state index in [-0.39, 0.29) is 0 Å². The molecule has 2 unspecified atom stereocenters. The second-order valence-electron chi connectivity index (χ2n) is 3.81. The Morgan fingerprint density at radius 2 is 1.88 bits per heavy atom. The van der Waals surface area contributed by atoms with Gasteiger partial charge in [0, 0.05) is 22.5 Å². The Morgan fingerprint density at radius 3 is 2.53 bits per heavy atom. The van der Waals surface area contributed by atoms with Gasteiger partial charge in [0.1, 0.15) is 11.9 Å². The van der Waals surface area contributed by atoms with E-state index in [2.05, 4.69) is 20.9 Å². The lowest BCUT2D eigenvalue weighted by Gasteiger charge is -2.17. The van der Waals surface area contributed by atoms with Gasteiger partial charge in [-0.25, -0.2) is 4.98 Å². The molecule has 0 spiro atoms. The van der Waals surface area contributed by atoms with Crippen molar-refractivity contribution in [2.75, 3.05) is 11.1 Å². The number of nitrogens with two attached hydrogens (primary N) is 1. The molecule has 4 nitrogen and oxygen atoms in total. The average Bonchev–Trinajstić information content (AvgIpc) is 2.38. The summed E-state index contributed by atoms with van der Waals surface area (Å²) in [5.74, 6) is 0.421. The number of halogens is 1. The Labute approximate surface area is 107 Å². The largest absolute Gasteiger partial charge is 0.389 e. The zero-order valence-corrected chi connectivity index (χ0v) is 10.6. The van der Waals surface area contributed by atoms with E-state index >= 15 is 0 Å². The first kappa shape index (κ1) is 12.3. The number of aliphatic hydroxyl groups excluding tert-OH is 2. The van der Waals surface area contributed by atoms with Crippen LogP contribution < -0.4 is 5.73 Å². The SMILES string of the molecule is Nc1ncc(C(O)C(O)CBr)c2ccccc12. The molecule has 4 N–H and O–H groups in total. The normalized spacial score (nSPS) is 14.8. The van der Waals surface area contributed by atoms with Crippen molar-refractivity contribution < 1.29 is 10.2 Å². The Morgan fingerprint density at radius 1 is 1.24 bits per heavy atom. The van der Waals surface area contributed by atoms with Crippen molar-refractivity contribution in [3.8, 4) is 0 Å². The molecule has 1 aromatic heterocycles. The van der Waals surface area contributed by atoms with Crippen molar-refractivity contribution in [2.45, 2.75) is 12.2 Å². The summed E-state index contributed by atoms with van der Waals surface area (Å²) < 4.78 is 0. The number of rotatable bonds is 3. The zero-order valence-electron chi connectivity index (χ0n) is 9.05. The molecule has 5 heteroatoms. The van der Waals surface area contributed by atoms with Crippen LogP contribution >= 0.6 is 15.9 Å². The predicted molar refractivity (Wildman–Crippen MR) is 70.9 cm³/mol. The fraction of sp³-hybridized carbons (Fsp3) is 0.250. The molecule has 2 aromatic rings. The first-order valence-corrected chi connectivity index (χ1v) is 6.32. The fourth-order valence-corrected chi connectivity index (χ4v) is 2.12. The lowest BCUT2D eigenvalue weighted by atomic mass is 10.0. The Kier molecular flexibility index (Phi) is 3.61. The monoisotopic (exact) mass is 296 g/mol. The van der Waals surface area contributed by atoms with E-state index in [1.807, 2.05) is 24.3 Å². The van der Waals surface area contributed by atoms with Crippen LogP contribution in [-0.2, 0) is 0 Å². The Hall–Kier alpha value is -1.17. The van der Waals surface area contributed by atoms with Crippen molar-refractivity contribution in [3.63, 3.8) is 0 Å². The van der Waals surface area contributed by atoms with Crippen LogP contribution in [0.4, 0.5) is 5.82 Å². The summed E-state index contributed by atoms with van der Waals surface area (Å²) in [5.41, 5.74) is 6.35. The van der Waals surface area contributed by atoms with Gasteiger partial charge in [-0.2, -0.15) is 0 Å². The van der Waals surface area contributed by atoms with E-state index in [0.29, 0.717) is 16.7 Å². The van der Waals surface area contributed by atoms with Gasteiger partial charge in [0.25, 0.3) is 0 Å². The van der Waals surface area contributed by atoms with Gasteiger partial charge in [-0.15, -0.1) is 0 Å². The van der Waals surface area contributed by atoms with E-state index in [0.717, 1.165) is 10.8 Å². The summed E-state index contributed by atoms with van der Waals surface area (Å²) in [4.78, 5) is 4.04. The Balaban J connectivity index is 2.59. The first-order chi connectivity index (χ1) is 8.15. The van der Waals surface area contributed by atoms with E-state index in [9.17, 15) is 10.2 Å². The summed E-state index contributed by atoms with van der Waals surface area (Å²) in [6, 6.07) is 7.41. The molecule has 0 aliphatic carbocycles. The molecule has 0 fully saturated rings. The minimum absolute atomic E-state index is 0.298. The lowest BCUT2D eigenvalue weighted by molar-refractivity contribution is 0.0350. The molecule has 0 radical (unpaired) electrons. The molecule has 2 atom stereocenters. The number of pyridine rings is 1. The standard InChI is InChI=1S/C12H13BrN2O2/c13-5-10(16)11(17)9-6-15-12(14)8-4-2-1-3-7(8)9/h1-4,6,10-11,16-17H,5H2,(H2,14,15). The number of alkyl halides is 1. The molecule has 0 aliphatic heterocycles. The van der Waals surface area contributed by atoms with Crippen molar-refractivity contribution >= 4 is 32.5 Å². The maximum Gasteiger partial charge on any atom is 0.131 e. The fourth-order valence-electron chi connectivity index (χ4n) is 1.76. The molecular weight excluding hydrogens is 284 g/mol. The van der Waals surface area contributed by atoms with Crippen LogP contribution in [0, 0.1) is 0 Å². The average molecular weight is 297 g/mol. The second-order valence-corrected chi connectivity index (χ2v) is 4.46. The molecule has 0 aliphatic rings. The van der Waals surface area contributed by atoms with Crippen LogP contribution in [0.3, 0.4) is 0 Å². The number of aromatic nitrogens is 1. The molecule has 0 saturated heterocycles. The molecule has 0 bridgehead atoms. The van der Waals surface area contributed by atoms with Gasteiger partial charge in [0.05, 0.1) is 6.10 Å². The Bertz CT molecular complexity index is 533. The number of hydrogen-bond donors (Lipinski definition) is 3. The van der Waals surface area contributed by atoms with Crippen molar-refractivity contribution in [2.24, 2.45) is 0 Å². The number of anilines is 1. The summed E-state index contributed by atoms with van der Waals surface area (Å²) in [5, 5.41) is 21.6. The maximum atomic E-state index is 10.0. The highest BCUT2D eigenvalue weighted by Gasteiger charge is 2.20. The third-order valence-corrected chi connectivity index (χ3v) is 3.36. The number of fused-ring (bicyclic) bond motifs is 1. The van der Waals surface area contributed by atoms with E-state index < -0.39 is 12.2 Å². The van der Waals surface area contributed by atoms with E-state index in [1.165, 1.54) is 6.20 Å². The predicted octanol–water partition coefficient (Wildman–Crippen LogP) is 1.61. The van der Waals surface area contributed by atoms with Gasteiger partial charge in [0.2, 0.25) is 0 Å².